The van der Waals surface area contributed by atoms with Gasteiger partial charge in [0.2, 0.25) is 10.0 Å². The van der Waals surface area contributed by atoms with Crippen LogP contribution in [-0.2, 0) is 16.6 Å². The molecule has 1 aromatic rings. The molecule has 0 aliphatic rings. The first-order valence-corrected chi connectivity index (χ1v) is 7.94. The van der Waals surface area contributed by atoms with Crippen LogP contribution in [-0.4, -0.2) is 26.3 Å². The van der Waals surface area contributed by atoms with E-state index in [9.17, 15) is 8.42 Å². The lowest BCUT2D eigenvalue weighted by Gasteiger charge is -2.16. The SMILES string of the molecule is CCCCN(C)S(=O)(=O)c1cc(CN)sc1C. The normalized spacial score (nSPS) is 12.3. The van der Waals surface area contributed by atoms with E-state index in [0.29, 0.717) is 18.0 Å². The number of rotatable bonds is 6. The molecule has 0 aromatic carbocycles. The predicted molar refractivity (Wildman–Crippen MR) is 71.7 cm³/mol. The van der Waals surface area contributed by atoms with E-state index in [1.165, 1.54) is 15.6 Å². The Morgan fingerprint density at radius 3 is 2.59 bits per heavy atom. The Hall–Kier alpha value is -0.430. The molecule has 6 heteroatoms. The van der Waals surface area contributed by atoms with Gasteiger partial charge in [0, 0.05) is 29.9 Å². The van der Waals surface area contributed by atoms with Gasteiger partial charge in [0.05, 0.1) is 4.90 Å². The van der Waals surface area contributed by atoms with Crippen molar-refractivity contribution in [2.45, 2.75) is 38.1 Å². The van der Waals surface area contributed by atoms with E-state index in [4.69, 9.17) is 5.73 Å². The van der Waals surface area contributed by atoms with Crippen molar-refractivity contribution in [1.82, 2.24) is 4.31 Å². The average Bonchev–Trinajstić information content (AvgIpc) is 2.67. The van der Waals surface area contributed by atoms with E-state index in [0.717, 1.165) is 22.6 Å². The molecule has 0 fully saturated rings. The first kappa shape index (κ1) is 14.6. The average molecular weight is 276 g/mol. The summed E-state index contributed by atoms with van der Waals surface area (Å²) < 4.78 is 26.0. The van der Waals surface area contributed by atoms with Crippen LogP contribution in [0.4, 0.5) is 0 Å². The zero-order chi connectivity index (χ0) is 13.1. The third-order valence-electron chi connectivity index (χ3n) is 2.64. The summed E-state index contributed by atoms with van der Waals surface area (Å²) in [5.74, 6) is 0. The van der Waals surface area contributed by atoms with Crippen molar-refractivity contribution in [1.29, 1.82) is 0 Å². The summed E-state index contributed by atoms with van der Waals surface area (Å²) in [4.78, 5) is 2.13. The van der Waals surface area contributed by atoms with Gasteiger partial charge in [-0.1, -0.05) is 13.3 Å². The second-order valence-corrected chi connectivity index (χ2v) is 7.37. The van der Waals surface area contributed by atoms with Crippen LogP contribution >= 0.6 is 11.3 Å². The summed E-state index contributed by atoms with van der Waals surface area (Å²) in [7, 11) is -1.71. The van der Waals surface area contributed by atoms with Gasteiger partial charge < -0.3 is 5.73 Å². The topological polar surface area (TPSA) is 63.4 Å². The molecule has 0 saturated heterocycles. The fourth-order valence-corrected chi connectivity index (χ4v) is 4.24. The third kappa shape index (κ3) is 3.28. The molecule has 0 unspecified atom stereocenters. The van der Waals surface area contributed by atoms with Crippen LogP contribution in [0, 0.1) is 6.92 Å². The summed E-state index contributed by atoms with van der Waals surface area (Å²) >= 11 is 1.45. The molecule has 17 heavy (non-hydrogen) atoms. The van der Waals surface area contributed by atoms with Crippen molar-refractivity contribution in [3.8, 4) is 0 Å². The minimum Gasteiger partial charge on any atom is -0.326 e. The maximum absolute atomic E-state index is 12.3. The zero-order valence-electron chi connectivity index (χ0n) is 10.6. The standard InChI is InChI=1S/C11H20N2O2S2/c1-4-5-6-13(3)17(14,15)11-7-10(8-12)16-9(11)2/h7H,4-6,8,12H2,1-3H3. The van der Waals surface area contributed by atoms with Gasteiger partial charge in [0.25, 0.3) is 0 Å². The van der Waals surface area contributed by atoms with E-state index in [2.05, 4.69) is 0 Å². The lowest BCUT2D eigenvalue weighted by atomic mass is 10.3. The fraction of sp³-hybridized carbons (Fsp3) is 0.636. The molecule has 98 valence electrons. The highest BCUT2D eigenvalue weighted by Gasteiger charge is 2.24. The minimum atomic E-state index is -3.34. The number of nitrogens with two attached hydrogens (primary N) is 1. The van der Waals surface area contributed by atoms with Gasteiger partial charge in [-0.05, 0) is 19.4 Å². The van der Waals surface area contributed by atoms with Crippen LogP contribution in [0.25, 0.3) is 0 Å². The number of sulfonamides is 1. The molecule has 0 amide bonds. The van der Waals surface area contributed by atoms with Gasteiger partial charge in [0.15, 0.2) is 0 Å². The maximum Gasteiger partial charge on any atom is 0.243 e. The lowest BCUT2D eigenvalue weighted by molar-refractivity contribution is 0.459. The van der Waals surface area contributed by atoms with E-state index >= 15 is 0 Å². The largest absolute Gasteiger partial charge is 0.326 e. The molecule has 0 saturated carbocycles. The maximum atomic E-state index is 12.3. The highest BCUT2D eigenvalue weighted by Crippen LogP contribution is 2.27. The quantitative estimate of drug-likeness (QED) is 0.863. The monoisotopic (exact) mass is 276 g/mol. The van der Waals surface area contributed by atoms with Gasteiger partial charge in [0.1, 0.15) is 0 Å². The van der Waals surface area contributed by atoms with Crippen molar-refractivity contribution >= 4 is 21.4 Å². The Bertz CT molecular complexity index is 466. The second-order valence-electron chi connectivity index (χ2n) is 4.02. The molecule has 0 atom stereocenters. The van der Waals surface area contributed by atoms with Crippen molar-refractivity contribution in [3.63, 3.8) is 0 Å². The van der Waals surface area contributed by atoms with E-state index in [1.54, 1.807) is 13.1 Å². The Kier molecular flexibility index (Phi) is 5.12. The summed E-state index contributed by atoms with van der Waals surface area (Å²) in [6.45, 7) is 4.82. The Balaban J connectivity index is 2.99. The number of hydrogen-bond acceptors (Lipinski definition) is 4. The van der Waals surface area contributed by atoms with E-state index in [1.807, 2.05) is 13.8 Å². The highest BCUT2D eigenvalue weighted by molar-refractivity contribution is 7.89. The number of aryl methyl sites for hydroxylation is 1. The molecule has 0 bridgehead atoms. The molecule has 0 aliphatic heterocycles. The van der Waals surface area contributed by atoms with Crippen LogP contribution in [0.15, 0.2) is 11.0 Å². The second kappa shape index (κ2) is 5.95. The Morgan fingerprint density at radius 1 is 1.47 bits per heavy atom. The van der Waals surface area contributed by atoms with Crippen molar-refractivity contribution in [2.24, 2.45) is 5.73 Å². The molecule has 1 aromatic heterocycles. The first-order valence-electron chi connectivity index (χ1n) is 5.69. The van der Waals surface area contributed by atoms with Gasteiger partial charge >= 0.3 is 0 Å². The lowest BCUT2D eigenvalue weighted by Crippen LogP contribution is -2.28. The fourth-order valence-electron chi connectivity index (χ4n) is 1.55. The number of hydrogen-bond donors (Lipinski definition) is 1. The van der Waals surface area contributed by atoms with Crippen LogP contribution in [0.5, 0.6) is 0 Å². The molecule has 2 N–H and O–H groups in total. The smallest absolute Gasteiger partial charge is 0.243 e. The van der Waals surface area contributed by atoms with Gasteiger partial charge in [-0.15, -0.1) is 11.3 Å². The van der Waals surface area contributed by atoms with Crippen LogP contribution in [0.3, 0.4) is 0 Å². The zero-order valence-corrected chi connectivity index (χ0v) is 12.2. The molecule has 1 heterocycles. The van der Waals surface area contributed by atoms with Crippen LogP contribution < -0.4 is 5.73 Å². The van der Waals surface area contributed by atoms with Crippen LogP contribution in [0.1, 0.15) is 29.5 Å². The third-order valence-corrected chi connectivity index (χ3v) is 5.82. The van der Waals surface area contributed by atoms with Crippen molar-refractivity contribution in [2.75, 3.05) is 13.6 Å². The van der Waals surface area contributed by atoms with Crippen molar-refractivity contribution < 1.29 is 8.42 Å². The molecular weight excluding hydrogens is 256 g/mol. The van der Waals surface area contributed by atoms with Gasteiger partial charge in [-0.3, -0.25) is 0 Å². The van der Waals surface area contributed by atoms with Gasteiger partial charge in [-0.2, -0.15) is 0 Å². The molecule has 0 spiro atoms. The number of nitrogens with zero attached hydrogens (tertiary/aromatic N) is 1. The highest BCUT2D eigenvalue weighted by atomic mass is 32.2. The molecular formula is C11H20N2O2S2. The van der Waals surface area contributed by atoms with E-state index < -0.39 is 10.0 Å². The number of thiophene rings is 1. The van der Waals surface area contributed by atoms with Crippen molar-refractivity contribution in [3.05, 3.63) is 15.8 Å². The first-order chi connectivity index (χ1) is 7.93. The summed E-state index contributed by atoms with van der Waals surface area (Å²) in [6, 6.07) is 1.69. The molecule has 1 rings (SSSR count). The molecule has 0 radical (unpaired) electrons. The summed E-state index contributed by atoms with van der Waals surface area (Å²) in [5.41, 5.74) is 5.53. The van der Waals surface area contributed by atoms with Crippen LogP contribution in [0.2, 0.25) is 0 Å². The number of unbranched alkanes of at least 4 members (excludes halogenated alkanes) is 1. The Morgan fingerprint density at radius 2 is 2.12 bits per heavy atom. The molecule has 4 nitrogen and oxygen atoms in total. The minimum absolute atomic E-state index is 0.389. The van der Waals surface area contributed by atoms with Gasteiger partial charge in [-0.25, -0.2) is 12.7 Å². The summed E-state index contributed by atoms with van der Waals surface area (Å²) in [5, 5.41) is 0. The Labute approximate surface area is 107 Å². The molecule has 0 aliphatic carbocycles. The summed E-state index contributed by atoms with van der Waals surface area (Å²) in [6.07, 6.45) is 1.86. The van der Waals surface area contributed by atoms with E-state index in [-0.39, 0.29) is 0 Å². The predicted octanol–water partition coefficient (Wildman–Crippen LogP) is 1.94.